The number of hydrogen-bond acceptors (Lipinski definition) is 2. The van der Waals surface area contributed by atoms with Crippen molar-refractivity contribution in [1.29, 1.82) is 0 Å². The summed E-state index contributed by atoms with van der Waals surface area (Å²) in [5.41, 5.74) is 0. The maximum atomic E-state index is 8.76. The van der Waals surface area contributed by atoms with Crippen LogP contribution in [0.2, 0.25) is 0 Å². The predicted molar refractivity (Wildman–Crippen MR) is 44.1 cm³/mol. The van der Waals surface area contributed by atoms with Gasteiger partial charge in [0, 0.05) is 6.04 Å². The van der Waals surface area contributed by atoms with Crippen LogP contribution in [0.4, 0.5) is 0 Å². The van der Waals surface area contributed by atoms with Gasteiger partial charge in [0.15, 0.2) is 0 Å². The number of hydrogen-bond donors (Lipinski definition) is 2. The summed E-state index contributed by atoms with van der Waals surface area (Å²) in [5.74, 6) is 0. The highest BCUT2D eigenvalue weighted by Crippen LogP contribution is 1.90. The molecule has 0 saturated heterocycles. The Balaban J connectivity index is 3.09. The third-order valence-corrected chi connectivity index (χ3v) is 1.68. The maximum absolute atomic E-state index is 8.76. The molecule has 0 aliphatic heterocycles. The third kappa shape index (κ3) is 4.77. The molecule has 0 amide bonds. The molecule has 2 nitrogen and oxygen atoms in total. The molecule has 62 valence electrons. The molecule has 2 N–H and O–H groups in total. The van der Waals surface area contributed by atoms with Crippen LogP contribution in [-0.4, -0.2) is 24.3 Å². The van der Waals surface area contributed by atoms with E-state index in [1.54, 1.807) is 0 Å². The smallest absolute Gasteiger partial charge is 0.0584 e. The minimum atomic E-state index is 0.264. The van der Waals surface area contributed by atoms with Crippen molar-refractivity contribution >= 4 is 0 Å². The lowest BCUT2D eigenvalue weighted by Crippen LogP contribution is -2.32. The summed E-state index contributed by atoms with van der Waals surface area (Å²) in [5, 5.41) is 12.0. The zero-order valence-electron chi connectivity index (χ0n) is 7.06. The first kappa shape index (κ1) is 9.92. The highest BCUT2D eigenvalue weighted by Gasteiger charge is 2.00. The van der Waals surface area contributed by atoms with E-state index in [-0.39, 0.29) is 6.61 Å². The van der Waals surface area contributed by atoms with Crippen LogP contribution in [0.5, 0.6) is 0 Å². The molecule has 2 heteroatoms. The fourth-order valence-electron chi connectivity index (χ4n) is 0.821. The van der Waals surface area contributed by atoms with E-state index in [9.17, 15) is 0 Å². The van der Waals surface area contributed by atoms with Crippen LogP contribution < -0.4 is 5.32 Å². The van der Waals surface area contributed by atoms with E-state index in [4.69, 9.17) is 5.11 Å². The van der Waals surface area contributed by atoms with Crippen molar-refractivity contribution in [2.45, 2.75) is 39.2 Å². The lowest BCUT2D eigenvalue weighted by molar-refractivity contribution is 0.239. The zero-order valence-corrected chi connectivity index (χ0v) is 7.06. The Morgan fingerprint density at radius 3 is 2.50 bits per heavy atom. The molecule has 0 aliphatic rings. The van der Waals surface area contributed by atoms with Gasteiger partial charge in [0.05, 0.1) is 6.61 Å². The Hall–Kier alpha value is -0.0800. The van der Waals surface area contributed by atoms with Gasteiger partial charge in [0.1, 0.15) is 0 Å². The third-order valence-electron chi connectivity index (χ3n) is 1.68. The Bertz CT molecular complexity index is 62.3. The van der Waals surface area contributed by atoms with Crippen LogP contribution >= 0.6 is 0 Å². The van der Waals surface area contributed by atoms with Gasteiger partial charge in [0.2, 0.25) is 0 Å². The first-order valence-corrected chi connectivity index (χ1v) is 4.19. The molecule has 0 aromatic heterocycles. The van der Waals surface area contributed by atoms with Gasteiger partial charge in [-0.3, -0.25) is 0 Å². The molecule has 0 rings (SSSR count). The van der Waals surface area contributed by atoms with Crippen LogP contribution in [-0.2, 0) is 0 Å². The Morgan fingerprint density at radius 1 is 1.40 bits per heavy atom. The standard InChI is InChI=1S/C8H19NO/c1-3-5-6-9-8(4-2)7-10/h8-10H,3-7H2,1-2H3/t8-/m1/s1. The van der Waals surface area contributed by atoms with Crippen molar-refractivity contribution in [3.05, 3.63) is 0 Å². The van der Waals surface area contributed by atoms with E-state index < -0.39 is 0 Å². The molecule has 1 atom stereocenters. The minimum Gasteiger partial charge on any atom is -0.395 e. The summed E-state index contributed by atoms with van der Waals surface area (Å²) in [6, 6.07) is 0.312. The molecule has 0 bridgehead atoms. The van der Waals surface area contributed by atoms with Crippen LogP contribution in [0.3, 0.4) is 0 Å². The van der Waals surface area contributed by atoms with Crippen molar-refractivity contribution in [1.82, 2.24) is 5.32 Å². The van der Waals surface area contributed by atoms with Crippen LogP contribution in [0.1, 0.15) is 33.1 Å². The van der Waals surface area contributed by atoms with Crippen molar-refractivity contribution in [3.63, 3.8) is 0 Å². The van der Waals surface area contributed by atoms with E-state index in [1.807, 2.05) is 0 Å². The molecule has 0 fully saturated rings. The van der Waals surface area contributed by atoms with Gasteiger partial charge in [-0.2, -0.15) is 0 Å². The number of rotatable bonds is 6. The highest BCUT2D eigenvalue weighted by atomic mass is 16.3. The SMILES string of the molecule is CCCCN[C@H](CC)CO. The molecule has 0 spiro atoms. The van der Waals surface area contributed by atoms with E-state index in [0.29, 0.717) is 6.04 Å². The summed E-state index contributed by atoms with van der Waals surface area (Å²) in [6.45, 7) is 5.55. The van der Waals surface area contributed by atoms with Crippen molar-refractivity contribution in [3.8, 4) is 0 Å². The fourth-order valence-corrected chi connectivity index (χ4v) is 0.821. The average molecular weight is 145 g/mol. The first-order valence-electron chi connectivity index (χ1n) is 4.19. The quantitative estimate of drug-likeness (QED) is 0.549. The Morgan fingerprint density at radius 2 is 2.10 bits per heavy atom. The first-order chi connectivity index (χ1) is 4.85. The van der Waals surface area contributed by atoms with Crippen LogP contribution in [0, 0.1) is 0 Å². The number of unbranched alkanes of at least 4 members (excludes halogenated alkanes) is 1. The topological polar surface area (TPSA) is 32.3 Å². The van der Waals surface area contributed by atoms with Gasteiger partial charge in [0.25, 0.3) is 0 Å². The average Bonchev–Trinajstić information content (AvgIpc) is 1.99. The van der Waals surface area contributed by atoms with Gasteiger partial charge < -0.3 is 10.4 Å². The lowest BCUT2D eigenvalue weighted by atomic mass is 10.2. The summed E-state index contributed by atoms with van der Waals surface area (Å²) in [6.07, 6.45) is 3.44. The molecule has 0 saturated carbocycles. The molecule has 0 heterocycles. The molecule has 0 unspecified atom stereocenters. The summed E-state index contributed by atoms with van der Waals surface area (Å²) in [7, 11) is 0. The van der Waals surface area contributed by atoms with Gasteiger partial charge in [-0.1, -0.05) is 20.3 Å². The molecule has 0 aromatic rings. The normalized spacial score (nSPS) is 13.5. The molecular weight excluding hydrogens is 126 g/mol. The highest BCUT2D eigenvalue weighted by molar-refractivity contribution is 4.61. The van der Waals surface area contributed by atoms with E-state index in [0.717, 1.165) is 13.0 Å². The molecule has 10 heavy (non-hydrogen) atoms. The summed E-state index contributed by atoms with van der Waals surface area (Å²) in [4.78, 5) is 0. The van der Waals surface area contributed by atoms with Gasteiger partial charge in [-0.15, -0.1) is 0 Å². The summed E-state index contributed by atoms with van der Waals surface area (Å²) >= 11 is 0. The number of aliphatic hydroxyl groups excluding tert-OH is 1. The number of aliphatic hydroxyl groups is 1. The Kier molecular flexibility index (Phi) is 6.98. The fraction of sp³-hybridized carbons (Fsp3) is 1.00. The molecule has 0 aromatic carbocycles. The number of nitrogens with one attached hydrogen (secondary N) is 1. The molecular formula is C8H19NO. The molecule has 0 radical (unpaired) electrons. The second-order valence-electron chi connectivity index (χ2n) is 2.60. The van der Waals surface area contributed by atoms with E-state index >= 15 is 0 Å². The van der Waals surface area contributed by atoms with Crippen molar-refractivity contribution in [2.24, 2.45) is 0 Å². The zero-order chi connectivity index (χ0) is 7.82. The lowest BCUT2D eigenvalue weighted by Gasteiger charge is -2.12. The van der Waals surface area contributed by atoms with Gasteiger partial charge >= 0.3 is 0 Å². The van der Waals surface area contributed by atoms with Crippen LogP contribution in [0.15, 0.2) is 0 Å². The second kappa shape index (κ2) is 7.03. The van der Waals surface area contributed by atoms with E-state index in [1.165, 1.54) is 12.8 Å². The van der Waals surface area contributed by atoms with E-state index in [2.05, 4.69) is 19.2 Å². The monoisotopic (exact) mass is 145 g/mol. The Labute approximate surface area is 63.6 Å². The van der Waals surface area contributed by atoms with Crippen molar-refractivity contribution < 1.29 is 5.11 Å². The van der Waals surface area contributed by atoms with Crippen LogP contribution in [0.25, 0.3) is 0 Å². The summed E-state index contributed by atoms with van der Waals surface area (Å²) < 4.78 is 0. The minimum absolute atomic E-state index is 0.264. The van der Waals surface area contributed by atoms with Crippen molar-refractivity contribution in [2.75, 3.05) is 13.2 Å². The second-order valence-corrected chi connectivity index (χ2v) is 2.60. The predicted octanol–water partition coefficient (Wildman–Crippen LogP) is 1.15. The molecule has 0 aliphatic carbocycles. The largest absolute Gasteiger partial charge is 0.395 e. The van der Waals surface area contributed by atoms with Gasteiger partial charge in [-0.25, -0.2) is 0 Å². The maximum Gasteiger partial charge on any atom is 0.0584 e. The van der Waals surface area contributed by atoms with Gasteiger partial charge in [-0.05, 0) is 19.4 Å².